The second kappa shape index (κ2) is 4.31. The third-order valence-corrected chi connectivity index (χ3v) is 3.37. The van der Waals surface area contributed by atoms with Gasteiger partial charge in [0.15, 0.2) is 5.76 Å². The van der Waals surface area contributed by atoms with Gasteiger partial charge in [0.25, 0.3) is 0 Å². The minimum absolute atomic E-state index is 0.385. The van der Waals surface area contributed by atoms with Crippen LogP contribution < -0.4 is 15.3 Å². The van der Waals surface area contributed by atoms with Crippen LogP contribution in [0.2, 0.25) is 0 Å². The highest BCUT2D eigenvalue weighted by Gasteiger charge is 2.28. The number of hydrogen-bond acceptors (Lipinski definition) is 4. The van der Waals surface area contributed by atoms with Crippen molar-refractivity contribution in [3.8, 4) is 17.1 Å². The fourth-order valence-corrected chi connectivity index (χ4v) is 2.36. The second-order valence-electron chi connectivity index (χ2n) is 4.53. The van der Waals surface area contributed by atoms with Crippen molar-refractivity contribution in [1.82, 2.24) is 0 Å². The van der Waals surface area contributed by atoms with Gasteiger partial charge in [0.05, 0.1) is 11.1 Å². The van der Waals surface area contributed by atoms with Crippen LogP contribution >= 0.6 is 11.6 Å². The fraction of sp³-hybridized carbons (Fsp3) is 0.214. The quantitative estimate of drug-likeness (QED) is 0.752. The van der Waals surface area contributed by atoms with Crippen molar-refractivity contribution in [2.75, 3.05) is 19.0 Å². The molecule has 1 aromatic carbocycles. The summed E-state index contributed by atoms with van der Waals surface area (Å²) in [7, 11) is 3.55. The summed E-state index contributed by atoms with van der Waals surface area (Å²) in [5.74, 6) is 1.10. The van der Waals surface area contributed by atoms with E-state index in [9.17, 15) is 4.79 Å². The highest BCUT2D eigenvalue weighted by atomic mass is 35.5. The molecule has 1 unspecified atom stereocenters. The summed E-state index contributed by atoms with van der Waals surface area (Å²) in [6.07, 6.45) is 0. The van der Waals surface area contributed by atoms with Gasteiger partial charge in [0.2, 0.25) is 5.56 Å². The molecule has 1 atom stereocenters. The number of rotatable bonds is 1. The molecule has 0 fully saturated rings. The zero-order valence-corrected chi connectivity index (χ0v) is 11.3. The molecule has 0 bridgehead atoms. The molecule has 0 saturated heterocycles. The summed E-state index contributed by atoms with van der Waals surface area (Å²) < 4.78 is 11.0. The number of alkyl halides is 1. The number of ether oxygens (including phenoxy) is 1. The molecule has 2 heterocycles. The van der Waals surface area contributed by atoms with Crippen LogP contribution in [0.15, 0.2) is 39.5 Å². The van der Waals surface area contributed by atoms with E-state index < -0.39 is 5.56 Å². The number of benzene rings is 1. The van der Waals surface area contributed by atoms with Crippen molar-refractivity contribution in [3.05, 3.63) is 46.3 Å². The lowest BCUT2D eigenvalue weighted by atomic mass is 10.0. The van der Waals surface area contributed by atoms with E-state index in [2.05, 4.69) is 0 Å². The van der Waals surface area contributed by atoms with E-state index in [1.165, 1.54) is 0 Å². The van der Waals surface area contributed by atoms with Crippen molar-refractivity contribution < 1.29 is 9.15 Å². The standard InChI is InChI=1S/C14H12ClNO3/c1-16(2)10-7-9-12(19-14(10)17)8-5-3-4-6-11(8)18-13(9)15/h3-7,13H,1-2H3. The van der Waals surface area contributed by atoms with Crippen LogP contribution in [-0.2, 0) is 0 Å². The van der Waals surface area contributed by atoms with Crippen molar-refractivity contribution in [2.24, 2.45) is 0 Å². The highest BCUT2D eigenvalue weighted by Crippen LogP contribution is 2.43. The molecule has 5 heteroatoms. The van der Waals surface area contributed by atoms with Crippen molar-refractivity contribution in [3.63, 3.8) is 0 Å². The molecule has 3 rings (SSSR count). The lowest BCUT2D eigenvalue weighted by Crippen LogP contribution is -2.21. The van der Waals surface area contributed by atoms with Crippen LogP contribution in [0, 0.1) is 0 Å². The number of fused-ring (bicyclic) bond motifs is 3. The van der Waals surface area contributed by atoms with Gasteiger partial charge in [0, 0.05) is 14.1 Å². The number of anilines is 1. The Morgan fingerprint density at radius 2 is 2.00 bits per heavy atom. The summed E-state index contributed by atoms with van der Waals surface area (Å²) in [6, 6.07) is 9.07. The maximum Gasteiger partial charge on any atom is 0.360 e. The molecule has 0 aliphatic carbocycles. The Morgan fingerprint density at radius 3 is 2.74 bits per heavy atom. The first-order valence-electron chi connectivity index (χ1n) is 5.83. The number of para-hydroxylation sites is 1. The molecule has 0 spiro atoms. The third kappa shape index (κ3) is 1.88. The van der Waals surface area contributed by atoms with Gasteiger partial charge in [-0.05, 0) is 18.2 Å². The van der Waals surface area contributed by atoms with Crippen LogP contribution in [0.3, 0.4) is 0 Å². The van der Waals surface area contributed by atoms with E-state index in [0.29, 0.717) is 22.8 Å². The molecule has 1 aromatic heterocycles. The van der Waals surface area contributed by atoms with E-state index in [1.54, 1.807) is 31.1 Å². The second-order valence-corrected chi connectivity index (χ2v) is 4.92. The molecule has 4 nitrogen and oxygen atoms in total. The van der Waals surface area contributed by atoms with Crippen LogP contribution in [0.1, 0.15) is 11.1 Å². The fourth-order valence-electron chi connectivity index (χ4n) is 2.10. The van der Waals surface area contributed by atoms with Crippen LogP contribution in [-0.4, -0.2) is 14.1 Å². The minimum Gasteiger partial charge on any atom is -0.469 e. The Kier molecular flexibility index (Phi) is 2.75. The van der Waals surface area contributed by atoms with Crippen molar-refractivity contribution >= 4 is 17.3 Å². The highest BCUT2D eigenvalue weighted by molar-refractivity contribution is 6.20. The van der Waals surface area contributed by atoms with E-state index in [1.807, 2.05) is 18.2 Å². The maximum absolute atomic E-state index is 12.0. The van der Waals surface area contributed by atoms with Gasteiger partial charge in [0.1, 0.15) is 11.4 Å². The lowest BCUT2D eigenvalue weighted by Gasteiger charge is -2.24. The summed E-state index contributed by atoms with van der Waals surface area (Å²) in [4.78, 5) is 13.6. The molecule has 0 N–H and O–H groups in total. The third-order valence-electron chi connectivity index (χ3n) is 3.05. The van der Waals surface area contributed by atoms with Crippen LogP contribution in [0.4, 0.5) is 5.69 Å². The number of halogens is 1. The summed E-state index contributed by atoms with van der Waals surface area (Å²) in [6.45, 7) is 0. The van der Waals surface area contributed by atoms with Gasteiger partial charge in [-0.25, -0.2) is 4.79 Å². The van der Waals surface area contributed by atoms with E-state index in [4.69, 9.17) is 20.8 Å². The number of hydrogen-bond donors (Lipinski definition) is 0. The van der Waals surface area contributed by atoms with Gasteiger partial charge in [-0.2, -0.15) is 0 Å². The Bertz CT molecular complexity index is 693. The Morgan fingerprint density at radius 1 is 1.26 bits per heavy atom. The smallest absolute Gasteiger partial charge is 0.360 e. The molecule has 1 aliphatic heterocycles. The van der Waals surface area contributed by atoms with Gasteiger partial charge in [-0.1, -0.05) is 23.7 Å². The molecule has 0 radical (unpaired) electrons. The molecule has 1 aliphatic rings. The molecule has 2 aromatic rings. The first-order valence-corrected chi connectivity index (χ1v) is 6.27. The lowest BCUT2D eigenvalue weighted by molar-refractivity contribution is 0.276. The Balaban J connectivity index is 2.28. The van der Waals surface area contributed by atoms with Gasteiger partial charge in [-0.3, -0.25) is 0 Å². The van der Waals surface area contributed by atoms with Crippen molar-refractivity contribution in [2.45, 2.75) is 5.56 Å². The predicted molar refractivity (Wildman–Crippen MR) is 74.0 cm³/mol. The normalized spacial score (nSPS) is 16.3. The molecular formula is C14H12ClNO3. The molecular weight excluding hydrogens is 266 g/mol. The molecule has 0 amide bonds. The summed E-state index contributed by atoms with van der Waals surface area (Å²) >= 11 is 6.20. The maximum atomic E-state index is 12.0. The number of nitrogens with zero attached hydrogens (tertiary/aromatic N) is 1. The van der Waals surface area contributed by atoms with Gasteiger partial charge < -0.3 is 14.1 Å². The Hall–Kier alpha value is -1.94. The average molecular weight is 278 g/mol. The zero-order chi connectivity index (χ0) is 13.6. The zero-order valence-electron chi connectivity index (χ0n) is 10.5. The molecule has 98 valence electrons. The SMILES string of the molecule is CN(C)c1cc2c(oc1=O)-c1ccccc1OC2Cl. The van der Waals surface area contributed by atoms with Gasteiger partial charge in [-0.15, -0.1) is 0 Å². The van der Waals surface area contributed by atoms with Crippen LogP contribution in [0.5, 0.6) is 5.75 Å². The predicted octanol–water partition coefficient (Wildman–Crippen LogP) is 3.00. The largest absolute Gasteiger partial charge is 0.469 e. The first-order chi connectivity index (χ1) is 9.08. The first kappa shape index (κ1) is 12.1. The van der Waals surface area contributed by atoms with E-state index in [-0.39, 0.29) is 5.63 Å². The molecule has 19 heavy (non-hydrogen) atoms. The van der Waals surface area contributed by atoms with Gasteiger partial charge >= 0.3 is 5.63 Å². The summed E-state index contributed by atoms with van der Waals surface area (Å²) in [5.41, 5.74) is 0.824. The average Bonchev–Trinajstić information content (AvgIpc) is 2.38. The molecule has 0 saturated carbocycles. The Labute approximate surface area is 115 Å². The topological polar surface area (TPSA) is 42.7 Å². The monoisotopic (exact) mass is 277 g/mol. The van der Waals surface area contributed by atoms with E-state index in [0.717, 1.165) is 5.56 Å². The van der Waals surface area contributed by atoms with Crippen LogP contribution in [0.25, 0.3) is 11.3 Å². The van der Waals surface area contributed by atoms with E-state index >= 15 is 0 Å². The minimum atomic E-state index is -0.659. The van der Waals surface area contributed by atoms with Crippen molar-refractivity contribution in [1.29, 1.82) is 0 Å². The summed E-state index contributed by atoms with van der Waals surface area (Å²) in [5, 5.41) is 0.